The van der Waals surface area contributed by atoms with Gasteiger partial charge in [0.2, 0.25) is 0 Å². The van der Waals surface area contributed by atoms with Crippen molar-refractivity contribution in [3.8, 4) is 33.4 Å². The molecule has 2 fully saturated rings. The summed E-state index contributed by atoms with van der Waals surface area (Å²) in [5.74, 6) is 0.615. The predicted octanol–water partition coefficient (Wildman–Crippen LogP) is 14.9. The summed E-state index contributed by atoms with van der Waals surface area (Å²) in [6.45, 7) is 13.2. The van der Waals surface area contributed by atoms with Gasteiger partial charge in [-0.15, -0.1) is 0 Å². The molecule has 0 unspecified atom stereocenters. The standard InChI is InChI=1S/C54H47NO2.C2H6/c1-51-18-22-53(3,23-19-51)49(56)42-30-46-38(28-44(42)51)40-26-37(36-16-14-35(15-17-36)34-12-10-33(11-13-34)32-8-6-5-7-9-32)27-41-39-29-45-43(31-47(39)55(46)48(40)41)50(57)54(4)24-20-52(45,2)21-25-54;1-2/h5-17,26-31H,18-25H2,1-4H3;1-2H3. The third kappa shape index (κ3) is 5.06. The highest BCUT2D eigenvalue weighted by atomic mass is 16.1. The third-order valence-electron chi connectivity index (χ3n) is 16.0. The molecule has 3 nitrogen and oxygen atoms in total. The highest BCUT2D eigenvalue weighted by Gasteiger charge is 2.50. The second kappa shape index (κ2) is 12.5. The van der Waals surface area contributed by atoms with Crippen LogP contribution < -0.4 is 0 Å². The number of rotatable bonds is 3. The van der Waals surface area contributed by atoms with E-state index >= 15 is 0 Å². The lowest BCUT2D eigenvalue weighted by atomic mass is 9.65. The summed E-state index contributed by atoms with van der Waals surface area (Å²) in [6, 6.07) is 42.5. The molecule has 0 amide bonds. The van der Waals surface area contributed by atoms with Gasteiger partial charge in [0.15, 0.2) is 11.6 Å². The largest absolute Gasteiger partial charge is 0.308 e. The van der Waals surface area contributed by atoms with Crippen LogP contribution in [0.4, 0.5) is 0 Å². The number of carbonyl (C=O) groups excluding carboxylic acids is 2. The summed E-state index contributed by atoms with van der Waals surface area (Å²) in [7, 11) is 0. The minimum Gasteiger partial charge on any atom is -0.308 e. The van der Waals surface area contributed by atoms with Crippen molar-refractivity contribution in [1.29, 1.82) is 0 Å². The highest BCUT2D eigenvalue weighted by Crippen LogP contribution is 2.57. The Kier molecular flexibility index (Phi) is 7.73. The maximum absolute atomic E-state index is 14.5. The number of hydrogen-bond acceptors (Lipinski definition) is 2. The van der Waals surface area contributed by atoms with Crippen molar-refractivity contribution in [2.24, 2.45) is 10.8 Å². The molecule has 2 saturated carbocycles. The lowest BCUT2D eigenvalue weighted by Gasteiger charge is -2.38. The Bertz CT molecular complexity index is 2880. The van der Waals surface area contributed by atoms with Gasteiger partial charge in [0.25, 0.3) is 0 Å². The third-order valence-corrected chi connectivity index (χ3v) is 16.0. The van der Waals surface area contributed by atoms with Crippen molar-refractivity contribution in [2.75, 3.05) is 0 Å². The van der Waals surface area contributed by atoms with Crippen LogP contribution in [0.1, 0.15) is 125 Å². The Morgan fingerprint density at radius 3 is 1.12 bits per heavy atom. The molecule has 2 aromatic heterocycles. The van der Waals surface area contributed by atoms with Crippen LogP contribution in [-0.4, -0.2) is 16.0 Å². The van der Waals surface area contributed by atoms with Crippen molar-refractivity contribution in [3.63, 3.8) is 0 Å². The van der Waals surface area contributed by atoms with Crippen LogP contribution in [0.15, 0.2) is 115 Å². The molecule has 0 saturated heterocycles. The number of benzene rings is 6. The van der Waals surface area contributed by atoms with E-state index in [0.29, 0.717) is 11.6 Å². The summed E-state index contributed by atoms with van der Waals surface area (Å²) in [5, 5.41) is 4.86. The number of hydrogen-bond donors (Lipinski definition) is 0. The van der Waals surface area contributed by atoms with Gasteiger partial charge in [-0.05, 0) is 143 Å². The number of ketones is 2. The molecule has 0 spiro atoms. The lowest BCUT2D eigenvalue weighted by molar-refractivity contribution is 0.0726. The van der Waals surface area contributed by atoms with Gasteiger partial charge in [-0.25, -0.2) is 0 Å². The highest BCUT2D eigenvalue weighted by molar-refractivity contribution is 6.26. The molecule has 3 heteroatoms. The normalized spacial score (nSPS) is 25.9. The van der Waals surface area contributed by atoms with Crippen molar-refractivity contribution in [1.82, 2.24) is 4.40 Å². The van der Waals surface area contributed by atoms with Gasteiger partial charge < -0.3 is 4.40 Å². The number of nitrogens with zero attached hydrogens (tertiary/aromatic N) is 1. The molecular formula is C56H53NO2. The zero-order valence-corrected chi connectivity index (χ0v) is 35.4. The Morgan fingerprint density at radius 1 is 0.390 bits per heavy atom. The fourth-order valence-electron chi connectivity index (χ4n) is 11.9. The molecule has 0 aliphatic heterocycles. The summed E-state index contributed by atoms with van der Waals surface area (Å²) < 4.78 is 2.41. The van der Waals surface area contributed by atoms with Crippen LogP contribution in [0, 0.1) is 10.8 Å². The van der Waals surface area contributed by atoms with Crippen LogP contribution in [-0.2, 0) is 10.8 Å². The minimum absolute atomic E-state index is 0.0187. The van der Waals surface area contributed by atoms with Gasteiger partial charge in [0.1, 0.15) is 0 Å². The van der Waals surface area contributed by atoms with Gasteiger partial charge in [0, 0.05) is 43.5 Å². The van der Waals surface area contributed by atoms with Gasteiger partial charge in [-0.1, -0.05) is 120 Å². The van der Waals surface area contributed by atoms with Gasteiger partial charge in [-0.3, -0.25) is 9.59 Å². The first-order valence-corrected chi connectivity index (χ1v) is 22.2. The molecule has 14 rings (SSSR count). The van der Waals surface area contributed by atoms with E-state index in [-0.39, 0.29) is 21.7 Å². The first-order chi connectivity index (χ1) is 28.5. The molecular weight excluding hydrogens is 719 g/mol. The number of fused-ring (bicyclic) bond motifs is 10. The Hall–Kier alpha value is -5.54. The molecule has 0 radical (unpaired) electrons. The molecule has 8 aromatic rings. The SMILES string of the molecule is CC.CC12CCC(C)(CC1)c1cc3c4cc(-c5ccc(-c6ccc(-c7ccccc7)cc6)cc5)cc5c6cc7c(cc6n(c3cc1C2=O)c45)C(=O)C1(C)CCC7(C)CC1. The number of aromatic nitrogens is 1. The second-order valence-electron chi connectivity index (χ2n) is 19.5. The minimum atomic E-state index is -0.310. The fraction of sp³-hybridized carbons (Fsp3) is 0.321. The van der Waals surface area contributed by atoms with Crippen molar-refractivity contribution in [2.45, 2.75) is 104 Å². The maximum Gasteiger partial charge on any atom is 0.169 e. The fourth-order valence-corrected chi connectivity index (χ4v) is 11.9. The molecule has 294 valence electrons. The number of Topliss-reactive ketones (excluding diaryl/α,β-unsaturated/α-hetero) is 2. The van der Waals surface area contributed by atoms with Crippen LogP contribution in [0.3, 0.4) is 0 Å². The van der Waals surface area contributed by atoms with E-state index in [0.717, 1.165) is 73.5 Å². The zero-order chi connectivity index (χ0) is 40.6. The first-order valence-electron chi connectivity index (χ1n) is 22.2. The van der Waals surface area contributed by atoms with Crippen LogP contribution >= 0.6 is 0 Å². The van der Waals surface area contributed by atoms with Crippen LogP contribution in [0.2, 0.25) is 0 Å². The average molecular weight is 772 g/mol. The van der Waals surface area contributed by atoms with Crippen molar-refractivity contribution < 1.29 is 9.59 Å². The van der Waals surface area contributed by atoms with Gasteiger partial charge in [0.05, 0.1) is 16.6 Å². The van der Waals surface area contributed by atoms with Gasteiger partial charge >= 0.3 is 0 Å². The second-order valence-corrected chi connectivity index (χ2v) is 19.5. The van der Waals surface area contributed by atoms with E-state index < -0.39 is 0 Å². The van der Waals surface area contributed by atoms with E-state index in [9.17, 15) is 9.59 Å². The predicted molar refractivity (Wildman–Crippen MR) is 245 cm³/mol. The smallest absolute Gasteiger partial charge is 0.169 e. The molecule has 6 aromatic carbocycles. The van der Waals surface area contributed by atoms with Crippen LogP contribution in [0.25, 0.3) is 71.5 Å². The van der Waals surface area contributed by atoms with E-state index in [1.165, 1.54) is 71.6 Å². The van der Waals surface area contributed by atoms with Crippen molar-refractivity contribution >= 4 is 49.7 Å². The average Bonchev–Trinajstić information content (AvgIpc) is 3.69. The summed E-state index contributed by atoms with van der Waals surface area (Å²) in [4.78, 5) is 29.0. The van der Waals surface area contributed by atoms with Crippen molar-refractivity contribution in [3.05, 3.63) is 138 Å². The molecule has 6 aliphatic rings. The molecule has 2 heterocycles. The van der Waals surface area contributed by atoms with Crippen LogP contribution in [0.5, 0.6) is 0 Å². The van der Waals surface area contributed by atoms with Gasteiger partial charge in [-0.2, -0.15) is 0 Å². The van der Waals surface area contributed by atoms with E-state index in [4.69, 9.17) is 0 Å². The number of carbonyl (C=O) groups is 2. The summed E-state index contributed by atoms with van der Waals surface area (Å²) >= 11 is 0. The summed E-state index contributed by atoms with van der Waals surface area (Å²) in [5.41, 5.74) is 14.2. The Balaban J connectivity index is 0.00000196. The topological polar surface area (TPSA) is 38.5 Å². The zero-order valence-electron chi connectivity index (χ0n) is 35.4. The Labute approximate surface area is 347 Å². The molecule has 59 heavy (non-hydrogen) atoms. The molecule has 0 atom stereocenters. The first kappa shape index (κ1) is 36.5. The van der Waals surface area contributed by atoms with E-state index in [1.807, 2.05) is 13.8 Å². The summed E-state index contributed by atoms with van der Waals surface area (Å²) in [6.07, 6.45) is 7.93. The molecule has 6 aliphatic carbocycles. The monoisotopic (exact) mass is 771 g/mol. The quantitative estimate of drug-likeness (QED) is 0.179. The molecule has 4 bridgehead atoms. The van der Waals surface area contributed by atoms with E-state index in [2.05, 4.69) is 147 Å². The lowest BCUT2D eigenvalue weighted by Crippen LogP contribution is -2.33. The Morgan fingerprint density at radius 2 is 0.729 bits per heavy atom. The van der Waals surface area contributed by atoms with E-state index in [1.54, 1.807) is 0 Å². The maximum atomic E-state index is 14.5. The molecule has 0 N–H and O–H groups in total.